The summed E-state index contributed by atoms with van der Waals surface area (Å²) in [4.78, 5) is 17.2. The van der Waals surface area contributed by atoms with E-state index in [0.717, 1.165) is 21.3 Å². The molecule has 0 aliphatic carbocycles. The van der Waals surface area contributed by atoms with Crippen LogP contribution >= 0.6 is 11.3 Å². The maximum atomic E-state index is 12.0. The van der Waals surface area contributed by atoms with Crippen LogP contribution in [0.25, 0.3) is 21.7 Å². The highest BCUT2D eigenvalue weighted by atomic mass is 32.1. The van der Waals surface area contributed by atoms with Gasteiger partial charge in [0.05, 0.1) is 16.9 Å². The van der Waals surface area contributed by atoms with Crippen molar-refractivity contribution in [1.82, 2.24) is 14.8 Å². The average Bonchev–Trinajstić information content (AvgIpc) is 3.18. The first kappa shape index (κ1) is 13.0. The molecule has 0 atom stereocenters. The summed E-state index contributed by atoms with van der Waals surface area (Å²) >= 11 is 1.49. The van der Waals surface area contributed by atoms with Gasteiger partial charge in [-0.25, -0.2) is 4.79 Å². The molecule has 0 N–H and O–H groups in total. The fourth-order valence-electron chi connectivity index (χ4n) is 2.36. The third-order valence-electron chi connectivity index (χ3n) is 3.37. The highest BCUT2D eigenvalue weighted by molar-refractivity contribution is 7.13. The van der Waals surface area contributed by atoms with Gasteiger partial charge in [0.1, 0.15) is 0 Å². The largest absolute Gasteiger partial charge is 0.437 e. The van der Waals surface area contributed by atoms with Gasteiger partial charge in [-0.1, -0.05) is 30.3 Å². The van der Waals surface area contributed by atoms with E-state index in [-0.39, 0.29) is 0 Å². The minimum Gasteiger partial charge on any atom is -0.387 e. The van der Waals surface area contributed by atoms with Gasteiger partial charge in [0.2, 0.25) is 0 Å². The summed E-state index contributed by atoms with van der Waals surface area (Å²) in [6.07, 6.45) is 1.74. The molecule has 0 aliphatic rings. The number of aromatic nitrogens is 3. The van der Waals surface area contributed by atoms with Gasteiger partial charge in [-0.15, -0.1) is 16.4 Å². The van der Waals surface area contributed by atoms with Gasteiger partial charge in [0.25, 0.3) is 5.89 Å². The molecule has 5 nitrogen and oxygen atoms in total. The molecule has 108 valence electrons. The van der Waals surface area contributed by atoms with E-state index in [1.54, 1.807) is 6.20 Å². The lowest BCUT2D eigenvalue weighted by molar-refractivity contribution is 0.496. The van der Waals surface area contributed by atoms with Gasteiger partial charge in [0.15, 0.2) is 0 Å². The van der Waals surface area contributed by atoms with Crippen LogP contribution in [0.2, 0.25) is 0 Å². The quantitative estimate of drug-likeness (QED) is 0.583. The Labute approximate surface area is 129 Å². The van der Waals surface area contributed by atoms with Crippen LogP contribution in [0.15, 0.2) is 63.3 Å². The summed E-state index contributed by atoms with van der Waals surface area (Å²) < 4.78 is 6.56. The number of benzene rings is 1. The van der Waals surface area contributed by atoms with E-state index in [2.05, 4.69) is 10.1 Å². The second-order valence-corrected chi connectivity index (χ2v) is 5.75. The van der Waals surface area contributed by atoms with E-state index in [1.165, 1.54) is 16.0 Å². The van der Waals surface area contributed by atoms with Gasteiger partial charge in [-0.3, -0.25) is 4.98 Å². The number of thiophene rings is 1. The lowest BCUT2D eigenvalue weighted by Crippen LogP contribution is -2.16. The van der Waals surface area contributed by atoms with Crippen molar-refractivity contribution in [2.75, 3.05) is 0 Å². The molecule has 4 aromatic rings. The van der Waals surface area contributed by atoms with Crippen molar-refractivity contribution in [3.05, 3.63) is 70.2 Å². The molecule has 0 bridgehead atoms. The smallest absolute Gasteiger partial charge is 0.387 e. The molecule has 3 aromatic heterocycles. The first-order valence-electron chi connectivity index (χ1n) is 6.76. The molecule has 0 saturated heterocycles. The van der Waals surface area contributed by atoms with Crippen LogP contribution in [0.5, 0.6) is 0 Å². The Morgan fingerprint density at radius 1 is 1.14 bits per heavy atom. The monoisotopic (exact) mass is 309 g/mol. The number of fused-ring (bicyclic) bond motifs is 1. The van der Waals surface area contributed by atoms with Crippen molar-refractivity contribution in [2.24, 2.45) is 0 Å². The number of nitrogens with zero attached hydrogens (tertiary/aromatic N) is 3. The Bertz CT molecular complexity index is 981. The van der Waals surface area contributed by atoms with Crippen LogP contribution in [0.1, 0.15) is 5.56 Å². The molecule has 0 aliphatic heterocycles. The molecule has 4 rings (SSSR count). The molecule has 0 radical (unpaired) electrons. The van der Waals surface area contributed by atoms with E-state index in [9.17, 15) is 4.79 Å². The van der Waals surface area contributed by atoms with Crippen LogP contribution in [0.3, 0.4) is 0 Å². The van der Waals surface area contributed by atoms with E-state index in [0.29, 0.717) is 12.4 Å². The molecule has 0 unspecified atom stereocenters. The van der Waals surface area contributed by atoms with Crippen molar-refractivity contribution >= 4 is 22.2 Å². The van der Waals surface area contributed by atoms with Gasteiger partial charge in [-0.05, 0) is 17.5 Å². The predicted molar refractivity (Wildman–Crippen MR) is 84.9 cm³/mol. The van der Waals surface area contributed by atoms with Crippen LogP contribution in [0.4, 0.5) is 0 Å². The zero-order chi connectivity index (χ0) is 14.9. The number of hydrogen-bond donors (Lipinski definition) is 0. The van der Waals surface area contributed by atoms with Crippen molar-refractivity contribution < 1.29 is 4.42 Å². The highest BCUT2D eigenvalue weighted by Crippen LogP contribution is 2.22. The van der Waals surface area contributed by atoms with Crippen molar-refractivity contribution in [2.45, 2.75) is 6.54 Å². The lowest BCUT2D eigenvalue weighted by atomic mass is 10.1. The first-order valence-corrected chi connectivity index (χ1v) is 7.64. The molecule has 0 saturated carbocycles. The normalized spacial score (nSPS) is 11.1. The van der Waals surface area contributed by atoms with Crippen LogP contribution in [0, 0.1) is 0 Å². The maximum Gasteiger partial charge on any atom is 0.437 e. The first-order chi connectivity index (χ1) is 10.8. The minimum absolute atomic E-state index is 0.335. The maximum absolute atomic E-state index is 12.0. The van der Waals surface area contributed by atoms with E-state index >= 15 is 0 Å². The number of pyridine rings is 1. The second kappa shape index (κ2) is 5.23. The van der Waals surface area contributed by atoms with Gasteiger partial charge < -0.3 is 4.42 Å². The Hall–Kier alpha value is -2.73. The van der Waals surface area contributed by atoms with Crippen molar-refractivity contribution in [3.63, 3.8) is 0 Å². The standard InChI is InChI=1S/C16H11N3O2S/c20-16-19(18-15(21-16)13-7-3-9-22-13)10-12-5-1-4-11-6-2-8-17-14(11)12/h1-9H,10H2. The topological polar surface area (TPSA) is 60.9 Å². The number of para-hydroxylation sites is 1. The molecule has 3 heterocycles. The Balaban J connectivity index is 1.76. The number of rotatable bonds is 3. The summed E-state index contributed by atoms with van der Waals surface area (Å²) in [5, 5.41) is 7.23. The number of hydrogen-bond acceptors (Lipinski definition) is 5. The molecular weight excluding hydrogens is 298 g/mol. The summed E-state index contributed by atoms with van der Waals surface area (Å²) in [7, 11) is 0. The highest BCUT2D eigenvalue weighted by Gasteiger charge is 2.12. The predicted octanol–water partition coefficient (Wildman–Crippen LogP) is 3.16. The molecular formula is C16H11N3O2S. The SMILES string of the molecule is O=c1oc(-c2cccs2)nn1Cc1cccc2cccnc12. The molecule has 6 heteroatoms. The third-order valence-corrected chi connectivity index (χ3v) is 4.23. The van der Waals surface area contributed by atoms with Crippen molar-refractivity contribution in [1.29, 1.82) is 0 Å². The Morgan fingerprint density at radius 2 is 2.05 bits per heavy atom. The van der Waals surface area contributed by atoms with E-state index < -0.39 is 5.76 Å². The molecule has 22 heavy (non-hydrogen) atoms. The van der Waals surface area contributed by atoms with Gasteiger partial charge >= 0.3 is 5.76 Å². The Morgan fingerprint density at radius 3 is 2.91 bits per heavy atom. The van der Waals surface area contributed by atoms with Gasteiger partial charge in [0, 0.05) is 17.1 Å². The summed E-state index contributed by atoms with van der Waals surface area (Å²) in [6.45, 7) is 0.335. The molecule has 0 fully saturated rings. The molecule has 0 amide bonds. The molecule has 1 aromatic carbocycles. The zero-order valence-corrected chi connectivity index (χ0v) is 12.3. The van der Waals surface area contributed by atoms with E-state index in [1.807, 2.05) is 47.8 Å². The fraction of sp³-hybridized carbons (Fsp3) is 0.0625. The Kier molecular flexibility index (Phi) is 3.08. The lowest BCUT2D eigenvalue weighted by Gasteiger charge is -2.04. The molecule has 0 spiro atoms. The van der Waals surface area contributed by atoms with Gasteiger partial charge in [-0.2, -0.15) is 4.68 Å². The fourth-order valence-corrected chi connectivity index (χ4v) is 3.01. The van der Waals surface area contributed by atoms with Crippen LogP contribution in [-0.2, 0) is 6.54 Å². The second-order valence-electron chi connectivity index (χ2n) is 4.80. The summed E-state index contributed by atoms with van der Waals surface area (Å²) in [5.41, 5.74) is 1.81. The third kappa shape index (κ3) is 2.23. The minimum atomic E-state index is -0.462. The average molecular weight is 309 g/mol. The van der Waals surface area contributed by atoms with E-state index in [4.69, 9.17) is 4.42 Å². The van der Waals surface area contributed by atoms with Crippen LogP contribution < -0.4 is 5.76 Å². The summed E-state index contributed by atoms with van der Waals surface area (Å²) in [5.74, 6) is -0.107. The van der Waals surface area contributed by atoms with Crippen LogP contribution in [-0.4, -0.2) is 14.8 Å². The summed E-state index contributed by atoms with van der Waals surface area (Å²) in [6, 6.07) is 13.5. The zero-order valence-electron chi connectivity index (χ0n) is 11.5. The van der Waals surface area contributed by atoms with Crippen molar-refractivity contribution in [3.8, 4) is 10.8 Å².